The van der Waals surface area contributed by atoms with Gasteiger partial charge in [-0.2, -0.15) is 0 Å². The fourth-order valence-corrected chi connectivity index (χ4v) is 2.55. The van der Waals surface area contributed by atoms with E-state index in [1.165, 1.54) is 19.3 Å². The van der Waals surface area contributed by atoms with Gasteiger partial charge in [0.05, 0.1) is 12.3 Å². The van der Waals surface area contributed by atoms with Crippen LogP contribution in [-0.2, 0) is 9.53 Å². The number of rotatable bonds is 7. The fraction of sp³-hybridized carbons (Fsp3) is 0.529. The summed E-state index contributed by atoms with van der Waals surface area (Å²) in [5.74, 6) is 0.634. The molecule has 0 aromatic rings. The topological polar surface area (TPSA) is 74.2 Å². The summed E-state index contributed by atoms with van der Waals surface area (Å²) in [7, 11) is 1.60. The summed E-state index contributed by atoms with van der Waals surface area (Å²) in [5, 5.41) is 14.2. The second-order valence-electron chi connectivity index (χ2n) is 5.80. The number of carbonyl (C=O) groups is 1. The highest BCUT2D eigenvalue weighted by Gasteiger charge is 2.20. The Morgan fingerprint density at radius 3 is 2.86 bits per heavy atom. The third-order valence-corrected chi connectivity index (χ3v) is 4.23. The third-order valence-electron chi connectivity index (χ3n) is 4.23. The highest BCUT2D eigenvalue weighted by Crippen LogP contribution is 2.26. The van der Waals surface area contributed by atoms with Crippen molar-refractivity contribution < 1.29 is 9.53 Å². The molecule has 1 amide bonds. The van der Waals surface area contributed by atoms with Crippen LogP contribution in [0.1, 0.15) is 26.2 Å². The summed E-state index contributed by atoms with van der Waals surface area (Å²) in [6, 6.07) is 0. The lowest BCUT2D eigenvalue weighted by molar-refractivity contribution is -0.117. The molecule has 0 unspecified atom stereocenters. The number of methoxy groups -OCH3 is 1. The number of hydrogen-bond acceptors (Lipinski definition) is 4. The molecule has 0 bridgehead atoms. The van der Waals surface area contributed by atoms with Gasteiger partial charge >= 0.3 is 0 Å². The van der Waals surface area contributed by atoms with Gasteiger partial charge in [0.2, 0.25) is 0 Å². The first kappa shape index (κ1) is 16.5. The minimum absolute atomic E-state index is 0.122. The molecule has 0 atom stereocenters. The molecule has 0 heterocycles. The lowest BCUT2D eigenvalue weighted by Crippen LogP contribution is -2.30. The van der Waals surface area contributed by atoms with E-state index in [9.17, 15) is 4.79 Å². The van der Waals surface area contributed by atoms with Gasteiger partial charge in [-0.05, 0) is 43.4 Å². The Morgan fingerprint density at radius 1 is 1.45 bits per heavy atom. The van der Waals surface area contributed by atoms with Gasteiger partial charge in [-0.3, -0.25) is 4.79 Å². The van der Waals surface area contributed by atoms with E-state index >= 15 is 0 Å². The number of allylic oxidation sites excluding steroid dienone is 3. The van der Waals surface area contributed by atoms with Crippen LogP contribution >= 0.6 is 0 Å². The van der Waals surface area contributed by atoms with E-state index in [2.05, 4.69) is 10.6 Å². The van der Waals surface area contributed by atoms with Crippen LogP contribution in [0.15, 0.2) is 35.1 Å². The molecule has 5 heteroatoms. The van der Waals surface area contributed by atoms with Gasteiger partial charge in [0.25, 0.3) is 5.91 Å². The SMILES string of the molecule is COCCNC(=O)C1=C(C)/C(=C/NCC2CCC2)C(=N)C=C1. The fourth-order valence-electron chi connectivity index (χ4n) is 2.55. The van der Waals surface area contributed by atoms with Crippen molar-refractivity contribution in [3.63, 3.8) is 0 Å². The Balaban J connectivity index is 2.01. The van der Waals surface area contributed by atoms with Crippen LogP contribution in [0.3, 0.4) is 0 Å². The molecule has 1 fully saturated rings. The maximum Gasteiger partial charge on any atom is 0.251 e. The number of hydrogen-bond donors (Lipinski definition) is 3. The molecule has 0 saturated heterocycles. The van der Waals surface area contributed by atoms with Crippen LogP contribution < -0.4 is 10.6 Å². The van der Waals surface area contributed by atoms with Gasteiger partial charge < -0.3 is 20.8 Å². The summed E-state index contributed by atoms with van der Waals surface area (Å²) < 4.78 is 4.93. The number of ether oxygens (including phenoxy) is 1. The molecule has 2 rings (SSSR count). The first-order valence-electron chi connectivity index (χ1n) is 7.82. The Hall–Kier alpha value is -1.88. The second kappa shape index (κ2) is 7.94. The van der Waals surface area contributed by atoms with E-state index in [0.29, 0.717) is 24.4 Å². The average Bonchev–Trinajstić information content (AvgIpc) is 2.44. The first-order chi connectivity index (χ1) is 10.6. The zero-order valence-electron chi connectivity index (χ0n) is 13.4. The lowest BCUT2D eigenvalue weighted by atomic mass is 9.85. The van der Waals surface area contributed by atoms with Crippen LogP contribution in [0.5, 0.6) is 0 Å². The predicted octanol–water partition coefficient (Wildman–Crippen LogP) is 1.93. The van der Waals surface area contributed by atoms with E-state index in [4.69, 9.17) is 10.1 Å². The molecule has 0 aromatic carbocycles. The molecule has 0 aliphatic heterocycles. The maximum atomic E-state index is 12.2. The molecule has 2 aliphatic rings. The van der Waals surface area contributed by atoms with Crippen molar-refractivity contribution in [1.29, 1.82) is 5.41 Å². The van der Waals surface area contributed by atoms with Gasteiger partial charge in [-0.1, -0.05) is 6.42 Å². The zero-order chi connectivity index (χ0) is 15.9. The lowest BCUT2D eigenvalue weighted by Gasteiger charge is -2.25. The van der Waals surface area contributed by atoms with E-state index in [1.54, 1.807) is 19.3 Å². The van der Waals surface area contributed by atoms with E-state index in [-0.39, 0.29) is 5.91 Å². The van der Waals surface area contributed by atoms with Crippen molar-refractivity contribution in [2.24, 2.45) is 5.92 Å². The van der Waals surface area contributed by atoms with Gasteiger partial charge in [0.1, 0.15) is 0 Å². The molecular weight excluding hydrogens is 278 g/mol. The quantitative estimate of drug-likeness (QED) is 0.629. The minimum atomic E-state index is -0.122. The van der Waals surface area contributed by atoms with Crippen LogP contribution in [0.4, 0.5) is 0 Å². The van der Waals surface area contributed by atoms with Crippen molar-refractivity contribution in [1.82, 2.24) is 10.6 Å². The molecule has 0 aromatic heterocycles. The molecule has 22 heavy (non-hydrogen) atoms. The third kappa shape index (κ3) is 4.07. The molecule has 2 aliphatic carbocycles. The Labute approximate surface area is 132 Å². The molecule has 5 nitrogen and oxygen atoms in total. The summed E-state index contributed by atoms with van der Waals surface area (Å²) in [6.45, 7) is 3.81. The first-order valence-corrected chi connectivity index (χ1v) is 7.82. The Morgan fingerprint density at radius 2 is 2.23 bits per heavy atom. The van der Waals surface area contributed by atoms with Gasteiger partial charge in [0, 0.05) is 37.5 Å². The van der Waals surface area contributed by atoms with Crippen molar-refractivity contribution in [2.45, 2.75) is 26.2 Å². The number of carbonyl (C=O) groups excluding carboxylic acids is 1. The molecule has 0 spiro atoms. The molecule has 1 saturated carbocycles. The van der Waals surface area contributed by atoms with Crippen LogP contribution in [0.2, 0.25) is 0 Å². The summed E-state index contributed by atoms with van der Waals surface area (Å²) in [5.41, 5.74) is 2.68. The smallest absolute Gasteiger partial charge is 0.251 e. The molecule has 3 N–H and O–H groups in total. The predicted molar refractivity (Wildman–Crippen MR) is 87.9 cm³/mol. The summed E-state index contributed by atoms with van der Waals surface area (Å²) >= 11 is 0. The van der Waals surface area contributed by atoms with Crippen LogP contribution in [0, 0.1) is 11.3 Å². The number of nitrogens with one attached hydrogen (secondary N) is 3. The summed E-state index contributed by atoms with van der Waals surface area (Å²) in [6.07, 6.45) is 9.16. The van der Waals surface area contributed by atoms with Gasteiger partial charge in [0.15, 0.2) is 0 Å². The van der Waals surface area contributed by atoms with E-state index in [0.717, 1.165) is 23.6 Å². The molecule has 0 radical (unpaired) electrons. The maximum absolute atomic E-state index is 12.2. The highest BCUT2D eigenvalue weighted by molar-refractivity contribution is 6.14. The van der Waals surface area contributed by atoms with E-state index < -0.39 is 0 Å². The monoisotopic (exact) mass is 303 g/mol. The average molecular weight is 303 g/mol. The van der Waals surface area contributed by atoms with Crippen molar-refractivity contribution in [3.05, 3.63) is 35.1 Å². The van der Waals surface area contributed by atoms with Gasteiger partial charge in [-0.25, -0.2) is 0 Å². The normalized spacial score (nSPS) is 20.3. The Bertz CT molecular complexity index is 528. The second-order valence-corrected chi connectivity index (χ2v) is 5.80. The standard InChI is InChI=1S/C17H25N3O2/c1-12-14(17(21)20-8-9-22-2)6-7-16(18)15(12)11-19-10-13-4-3-5-13/h6-7,11,13,18-19H,3-5,8-10H2,1-2H3,(H,20,21)/b15-11-,18-16?. The van der Waals surface area contributed by atoms with Crippen molar-refractivity contribution in [3.8, 4) is 0 Å². The van der Waals surface area contributed by atoms with Crippen molar-refractivity contribution >= 4 is 11.6 Å². The van der Waals surface area contributed by atoms with Crippen LogP contribution in [-0.4, -0.2) is 38.4 Å². The minimum Gasteiger partial charge on any atom is -0.390 e. The largest absolute Gasteiger partial charge is 0.390 e. The molecule has 120 valence electrons. The van der Waals surface area contributed by atoms with Crippen molar-refractivity contribution in [2.75, 3.05) is 26.8 Å². The zero-order valence-corrected chi connectivity index (χ0v) is 13.4. The van der Waals surface area contributed by atoms with Crippen LogP contribution in [0.25, 0.3) is 0 Å². The highest BCUT2D eigenvalue weighted by atomic mass is 16.5. The molecular formula is C17H25N3O2. The van der Waals surface area contributed by atoms with Gasteiger partial charge in [-0.15, -0.1) is 0 Å². The van der Waals surface area contributed by atoms with E-state index in [1.807, 2.05) is 13.1 Å². The summed E-state index contributed by atoms with van der Waals surface area (Å²) in [4.78, 5) is 12.2. The Kier molecular flexibility index (Phi) is 5.95. The number of amides is 1.